The van der Waals surface area contributed by atoms with Crippen LogP contribution in [0.4, 0.5) is 5.13 Å². The minimum Gasteiger partial charge on any atom is -0.497 e. The number of aromatic nitrogens is 1. The van der Waals surface area contributed by atoms with Gasteiger partial charge in [0, 0.05) is 11.5 Å². The van der Waals surface area contributed by atoms with Gasteiger partial charge in [-0.3, -0.25) is 9.69 Å². The molecule has 5 aromatic rings. The number of carbonyl (C=O) groups is 1. The Morgan fingerprint density at radius 1 is 1.06 bits per heavy atom. The standard InChI is InChI=1S/C26H22N2O4S/c1-3-31-21-11-7-10-18-14-22(32-24(18)21)25(29)28(16-17-8-5-4-6-9-17)26-27-20-15-19(30-2)12-13-23(20)33-26/h4-15H,3,16H2,1-2H3. The van der Waals surface area contributed by atoms with E-state index < -0.39 is 0 Å². The van der Waals surface area contributed by atoms with Crippen LogP contribution in [-0.4, -0.2) is 24.6 Å². The van der Waals surface area contributed by atoms with Crippen LogP contribution >= 0.6 is 11.3 Å². The number of hydrogen-bond acceptors (Lipinski definition) is 6. The van der Waals surface area contributed by atoms with Crippen LogP contribution in [0, 0.1) is 0 Å². The molecule has 0 unspecified atom stereocenters. The highest BCUT2D eigenvalue weighted by atomic mass is 32.1. The van der Waals surface area contributed by atoms with Gasteiger partial charge in [-0.1, -0.05) is 53.8 Å². The first kappa shape index (κ1) is 21.0. The molecular formula is C26H22N2O4S. The molecule has 6 nitrogen and oxygen atoms in total. The Hall–Kier alpha value is -3.84. The Balaban J connectivity index is 1.57. The lowest BCUT2D eigenvalue weighted by atomic mass is 10.2. The van der Waals surface area contributed by atoms with Crippen LogP contribution in [0.5, 0.6) is 11.5 Å². The molecule has 33 heavy (non-hydrogen) atoms. The van der Waals surface area contributed by atoms with Crippen molar-refractivity contribution in [2.45, 2.75) is 13.5 Å². The molecular weight excluding hydrogens is 436 g/mol. The Morgan fingerprint density at radius 3 is 2.70 bits per heavy atom. The van der Waals surface area contributed by atoms with E-state index in [0.29, 0.717) is 29.6 Å². The van der Waals surface area contributed by atoms with Crippen molar-refractivity contribution < 1.29 is 18.7 Å². The van der Waals surface area contributed by atoms with Gasteiger partial charge in [0.2, 0.25) is 0 Å². The van der Waals surface area contributed by atoms with Gasteiger partial charge in [-0.2, -0.15) is 0 Å². The first-order valence-corrected chi connectivity index (χ1v) is 11.4. The zero-order valence-electron chi connectivity index (χ0n) is 18.3. The van der Waals surface area contributed by atoms with Gasteiger partial charge in [0.15, 0.2) is 22.2 Å². The molecule has 7 heteroatoms. The highest BCUT2D eigenvalue weighted by Gasteiger charge is 2.25. The molecule has 2 heterocycles. The van der Waals surface area contributed by atoms with Crippen molar-refractivity contribution in [3.8, 4) is 11.5 Å². The number of hydrogen-bond donors (Lipinski definition) is 0. The summed E-state index contributed by atoms with van der Waals surface area (Å²) in [5.74, 6) is 1.32. The van der Waals surface area contributed by atoms with Gasteiger partial charge in [0.05, 0.1) is 30.5 Å². The van der Waals surface area contributed by atoms with Gasteiger partial charge in [-0.25, -0.2) is 4.98 Å². The second kappa shape index (κ2) is 8.96. The largest absolute Gasteiger partial charge is 0.497 e. The van der Waals surface area contributed by atoms with E-state index in [0.717, 1.165) is 26.9 Å². The summed E-state index contributed by atoms with van der Waals surface area (Å²) in [6.45, 7) is 2.79. The maximum atomic E-state index is 13.7. The Morgan fingerprint density at radius 2 is 1.91 bits per heavy atom. The molecule has 0 saturated carbocycles. The predicted octanol–water partition coefficient (Wildman–Crippen LogP) is 6.30. The normalized spacial score (nSPS) is 11.1. The lowest BCUT2D eigenvalue weighted by Gasteiger charge is -2.18. The van der Waals surface area contributed by atoms with Gasteiger partial charge in [0.1, 0.15) is 5.75 Å². The highest BCUT2D eigenvalue weighted by molar-refractivity contribution is 7.22. The number of benzene rings is 3. The summed E-state index contributed by atoms with van der Waals surface area (Å²) in [6, 6.07) is 22.9. The number of fused-ring (bicyclic) bond motifs is 2. The number of ether oxygens (including phenoxy) is 2. The maximum Gasteiger partial charge on any atom is 0.296 e. The fraction of sp³-hybridized carbons (Fsp3) is 0.154. The zero-order chi connectivity index (χ0) is 22.8. The van der Waals surface area contributed by atoms with Crippen LogP contribution in [0.15, 0.2) is 77.2 Å². The quantitative estimate of drug-likeness (QED) is 0.286. The summed E-state index contributed by atoms with van der Waals surface area (Å²) in [7, 11) is 1.62. The average molecular weight is 459 g/mol. The monoisotopic (exact) mass is 458 g/mol. The number of amides is 1. The molecule has 2 aromatic heterocycles. The van der Waals surface area contributed by atoms with Crippen molar-refractivity contribution >= 4 is 43.6 Å². The van der Waals surface area contributed by atoms with E-state index in [2.05, 4.69) is 0 Å². The summed E-state index contributed by atoms with van der Waals surface area (Å²) < 4.78 is 18.0. The molecule has 0 N–H and O–H groups in total. The van der Waals surface area contributed by atoms with Crippen LogP contribution in [0.1, 0.15) is 23.0 Å². The van der Waals surface area contributed by atoms with Crippen molar-refractivity contribution in [2.75, 3.05) is 18.6 Å². The van der Waals surface area contributed by atoms with Crippen LogP contribution in [0.3, 0.4) is 0 Å². The molecule has 5 rings (SSSR count). The van der Waals surface area contributed by atoms with Crippen molar-refractivity contribution in [2.24, 2.45) is 0 Å². The summed E-state index contributed by atoms with van der Waals surface area (Å²) in [4.78, 5) is 20.1. The fourth-order valence-corrected chi connectivity index (χ4v) is 4.62. The number of furan rings is 1. The molecule has 0 spiro atoms. The molecule has 0 bridgehead atoms. The number of para-hydroxylation sites is 1. The summed E-state index contributed by atoms with van der Waals surface area (Å²) in [5.41, 5.74) is 2.34. The van der Waals surface area contributed by atoms with Crippen LogP contribution in [0.25, 0.3) is 21.2 Å². The molecule has 0 fully saturated rings. The predicted molar refractivity (Wildman–Crippen MR) is 131 cm³/mol. The van der Waals surface area contributed by atoms with Gasteiger partial charge in [-0.05, 0) is 36.8 Å². The minimum atomic E-state index is -0.261. The lowest BCUT2D eigenvalue weighted by molar-refractivity contribution is 0.0960. The average Bonchev–Trinajstić information content (AvgIpc) is 3.47. The number of rotatable bonds is 7. The number of nitrogens with zero attached hydrogens (tertiary/aromatic N) is 2. The third kappa shape index (κ3) is 4.15. The topological polar surface area (TPSA) is 64.8 Å². The van der Waals surface area contributed by atoms with E-state index in [-0.39, 0.29) is 11.7 Å². The third-order valence-electron chi connectivity index (χ3n) is 5.26. The minimum absolute atomic E-state index is 0.241. The van der Waals surface area contributed by atoms with E-state index >= 15 is 0 Å². The molecule has 3 aromatic carbocycles. The second-order valence-corrected chi connectivity index (χ2v) is 8.43. The van der Waals surface area contributed by atoms with Crippen molar-refractivity contribution in [1.82, 2.24) is 4.98 Å². The van der Waals surface area contributed by atoms with Crippen LogP contribution in [0.2, 0.25) is 0 Å². The third-order valence-corrected chi connectivity index (χ3v) is 6.32. The van der Waals surface area contributed by atoms with Gasteiger partial charge in [0.25, 0.3) is 5.91 Å². The molecule has 1 amide bonds. The van der Waals surface area contributed by atoms with E-state index in [4.69, 9.17) is 18.9 Å². The molecule has 0 aliphatic carbocycles. The smallest absolute Gasteiger partial charge is 0.296 e. The first-order chi connectivity index (χ1) is 16.2. The Bertz CT molecular complexity index is 1420. The summed E-state index contributed by atoms with van der Waals surface area (Å²) in [5, 5.41) is 1.41. The number of thiazole rings is 1. The summed E-state index contributed by atoms with van der Waals surface area (Å²) >= 11 is 1.46. The zero-order valence-corrected chi connectivity index (χ0v) is 19.1. The summed E-state index contributed by atoms with van der Waals surface area (Å²) in [6.07, 6.45) is 0. The fourth-order valence-electron chi connectivity index (χ4n) is 3.67. The van der Waals surface area contributed by atoms with E-state index in [1.165, 1.54) is 11.3 Å². The van der Waals surface area contributed by atoms with E-state index in [1.807, 2.05) is 73.7 Å². The second-order valence-electron chi connectivity index (χ2n) is 7.43. The maximum absolute atomic E-state index is 13.7. The molecule has 0 saturated heterocycles. The molecule has 0 radical (unpaired) electrons. The SMILES string of the molecule is CCOc1cccc2cc(C(=O)N(Cc3ccccc3)c3nc4cc(OC)ccc4s3)oc12. The molecule has 0 aliphatic rings. The van der Waals surface area contributed by atoms with Gasteiger partial charge < -0.3 is 13.9 Å². The van der Waals surface area contributed by atoms with Crippen molar-refractivity contribution in [1.29, 1.82) is 0 Å². The van der Waals surface area contributed by atoms with E-state index in [1.54, 1.807) is 18.1 Å². The van der Waals surface area contributed by atoms with Crippen molar-refractivity contribution in [3.05, 3.63) is 84.1 Å². The number of methoxy groups -OCH3 is 1. The Labute approximate surface area is 195 Å². The highest BCUT2D eigenvalue weighted by Crippen LogP contribution is 2.34. The van der Waals surface area contributed by atoms with Crippen molar-refractivity contribution in [3.63, 3.8) is 0 Å². The Kier molecular flexibility index (Phi) is 5.71. The van der Waals surface area contributed by atoms with Crippen LogP contribution < -0.4 is 14.4 Å². The first-order valence-electron chi connectivity index (χ1n) is 10.6. The number of anilines is 1. The van der Waals surface area contributed by atoms with E-state index in [9.17, 15) is 4.79 Å². The van der Waals surface area contributed by atoms with Crippen LogP contribution in [-0.2, 0) is 6.54 Å². The molecule has 0 atom stereocenters. The van der Waals surface area contributed by atoms with Gasteiger partial charge >= 0.3 is 0 Å². The van der Waals surface area contributed by atoms with Gasteiger partial charge in [-0.15, -0.1) is 0 Å². The lowest BCUT2D eigenvalue weighted by Crippen LogP contribution is -2.30. The number of carbonyl (C=O) groups excluding carboxylic acids is 1. The molecule has 0 aliphatic heterocycles. The molecule has 166 valence electrons.